The molecule has 2 aromatic rings. The van der Waals surface area contributed by atoms with Gasteiger partial charge in [-0.15, -0.1) is 11.3 Å². The van der Waals surface area contributed by atoms with Crippen LogP contribution in [0.15, 0.2) is 36.4 Å². The molecule has 0 spiro atoms. The third-order valence-electron chi connectivity index (χ3n) is 2.34. The number of benzene rings is 1. The van der Waals surface area contributed by atoms with Gasteiger partial charge in [-0.2, -0.15) is 0 Å². The van der Waals surface area contributed by atoms with E-state index in [1.54, 1.807) is 36.4 Å². The van der Waals surface area contributed by atoms with Crippen molar-refractivity contribution in [3.63, 3.8) is 0 Å². The van der Waals surface area contributed by atoms with Crippen LogP contribution in [-0.2, 0) is 11.2 Å². The number of carbonyl (C=O) groups excluding carboxylic acids is 1. The minimum Gasteiger partial charge on any atom is -0.481 e. The van der Waals surface area contributed by atoms with Crippen LogP contribution in [0.1, 0.15) is 15.2 Å². The van der Waals surface area contributed by atoms with Crippen molar-refractivity contribution >= 4 is 40.5 Å². The Balaban J connectivity index is 2.10. The summed E-state index contributed by atoms with van der Waals surface area (Å²) in [7, 11) is 0. The van der Waals surface area contributed by atoms with Crippen LogP contribution in [0.3, 0.4) is 0 Å². The number of aliphatic carboxylic acids is 1. The van der Waals surface area contributed by atoms with Crippen LogP contribution in [0.4, 0.5) is 5.69 Å². The highest BCUT2D eigenvalue weighted by Gasteiger charge is 2.09. The molecule has 0 unspecified atom stereocenters. The number of anilines is 1. The predicted octanol–water partition coefficient (Wildman–Crippen LogP) is 3.28. The zero-order valence-electron chi connectivity index (χ0n) is 9.72. The molecule has 1 aromatic carbocycles. The molecule has 19 heavy (non-hydrogen) atoms. The fourth-order valence-electron chi connectivity index (χ4n) is 1.56. The molecule has 0 radical (unpaired) electrons. The van der Waals surface area contributed by atoms with Crippen LogP contribution in [0.5, 0.6) is 0 Å². The van der Waals surface area contributed by atoms with Crippen molar-refractivity contribution in [3.8, 4) is 0 Å². The highest BCUT2D eigenvalue weighted by atomic mass is 35.5. The molecule has 1 heterocycles. The lowest BCUT2D eigenvalue weighted by Crippen LogP contribution is -2.10. The number of halogens is 1. The Hall–Kier alpha value is -1.85. The van der Waals surface area contributed by atoms with Gasteiger partial charge in [0, 0.05) is 5.69 Å². The molecule has 6 heteroatoms. The summed E-state index contributed by atoms with van der Waals surface area (Å²) in [5, 5.41) is 11.4. The molecular formula is C13H10ClNO3S. The van der Waals surface area contributed by atoms with Gasteiger partial charge in [0.2, 0.25) is 0 Å². The van der Waals surface area contributed by atoms with E-state index >= 15 is 0 Å². The van der Waals surface area contributed by atoms with Gasteiger partial charge in [0.1, 0.15) is 0 Å². The molecule has 0 fully saturated rings. The Morgan fingerprint density at radius 2 is 2.05 bits per heavy atom. The standard InChI is InChI=1S/C13H10ClNO3S/c14-11-5-4-10(19-11)13(18)15-9-3-1-2-8(6-9)7-12(16)17/h1-6H,7H2,(H,15,18)(H,16,17). The smallest absolute Gasteiger partial charge is 0.307 e. The van der Waals surface area contributed by atoms with E-state index < -0.39 is 5.97 Å². The van der Waals surface area contributed by atoms with Crippen molar-refractivity contribution < 1.29 is 14.7 Å². The average Bonchev–Trinajstić information content (AvgIpc) is 2.75. The number of rotatable bonds is 4. The molecule has 1 aromatic heterocycles. The number of carboxylic acids is 1. The van der Waals surface area contributed by atoms with Crippen molar-refractivity contribution in [2.75, 3.05) is 5.32 Å². The molecule has 2 N–H and O–H groups in total. The molecule has 2 rings (SSSR count). The molecule has 0 atom stereocenters. The number of thiophene rings is 1. The molecule has 0 saturated heterocycles. The first-order valence-corrected chi connectivity index (χ1v) is 6.61. The summed E-state index contributed by atoms with van der Waals surface area (Å²) in [5.74, 6) is -1.17. The molecule has 1 amide bonds. The summed E-state index contributed by atoms with van der Waals surface area (Å²) in [6, 6.07) is 10.0. The van der Waals surface area contributed by atoms with Crippen LogP contribution in [0.2, 0.25) is 4.34 Å². The summed E-state index contributed by atoms with van der Waals surface area (Å²) in [6.07, 6.45) is -0.0749. The summed E-state index contributed by atoms with van der Waals surface area (Å²) in [6.45, 7) is 0. The first kappa shape index (κ1) is 13.6. The summed E-state index contributed by atoms with van der Waals surface area (Å²) < 4.78 is 0.546. The van der Waals surface area contributed by atoms with Crippen molar-refractivity contribution in [1.82, 2.24) is 0 Å². The maximum Gasteiger partial charge on any atom is 0.307 e. The Bertz CT molecular complexity index is 624. The van der Waals surface area contributed by atoms with Crippen LogP contribution in [-0.4, -0.2) is 17.0 Å². The number of carboxylic acid groups (broad SMARTS) is 1. The van der Waals surface area contributed by atoms with Crippen molar-refractivity contribution in [2.24, 2.45) is 0 Å². The quantitative estimate of drug-likeness (QED) is 0.909. The number of hydrogen-bond acceptors (Lipinski definition) is 3. The van der Waals surface area contributed by atoms with Gasteiger partial charge in [-0.3, -0.25) is 9.59 Å². The summed E-state index contributed by atoms with van der Waals surface area (Å²) >= 11 is 6.95. The van der Waals surface area contributed by atoms with Gasteiger partial charge in [-0.05, 0) is 29.8 Å². The predicted molar refractivity (Wildman–Crippen MR) is 75.1 cm³/mol. The molecular weight excluding hydrogens is 286 g/mol. The van der Waals surface area contributed by atoms with Gasteiger partial charge in [0.25, 0.3) is 5.91 Å². The molecule has 0 aliphatic heterocycles. The van der Waals surface area contributed by atoms with Gasteiger partial charge >= 0.3 is 5.97 Å². The molecule has 0 saturated carbocycles. The van der Waals surface area contributed by atoms with E-state index in [2.05, 4.69) is 5.32 Å². The summed E-state index contributed by atoms with van der Waals surface area (Å²) in [5.41, 5.74) is 1.20. The lowest BCUT2D eigenvalue weighted by molar-refractivity contribution is -0.136. The van der Waals surface area contributed by atoms with E-state index in [4.69, 9.17) is 16.7 Å². The van der Waals surface area contributed by atoms with Gasteiger partial charge in [-0.1, -0.05) is 23.7 Å². The highest BCUT2D eigenvalue weighted by molar-refractivity contribution is 7.18. The summed E-state index contributed by atoms with van der Waals surface area (Å²) in [4.78, 5) is 23.0. The van der Waals surface area contributed by atoms with Crippen molar-refractivity contribution in [3.05, 3.63) is 51.2 Å². The van der Waals surface area contributed by atoms with E-state index in [1.807, 2.05) is 0 Å². The Kier molecular flexibility index (Phi) is 4.19. The zero-order valence-corrected chi connectivity index (χ0v) is 11.3. The van der Waals surface area contributed by atoms with Crippen molar-refractivity contribution in [1.29, 1.82) is 0 Å². The molecule has 0 aliphatic rings. The monoisotopic (exact) mass is 295 g/mol. The molecule has 98 valence electrons. The molecule has 0 bridgehead atoms. The maximum absolute atomic E-state index is 11.9. The van der Waals surface area contributed by atoms with Crippen LogP contribution >= 0.6 is 22.9 Å². The number of hydrogen-bond donors (Lipinski definition) is 2. The van der Waals surface area contributed by atoms with Gasteiger partial charge in [0.05, 0.1) is 15.6 Å². The van der Waals surface area contributed by atoms with E-state index in [0.29, 0.717) is 20.5 Å². The lowest BCUT2D eigenvalue weighted by atomic mass is 10.1. The van der Waals surface area contributed by atoms with E-state index in [1.165, 1.54) is 11.3 Å². The van der Waals surface area contributed by atoms with E-state index in [-0.39, 0.29) is 12.3 Å². The molecule has 4 nitrogen and oxygen atoms in total. The van der Waals surface area contributed by atoms with Crippen LogP contribution < -0.4 is 5.32 Å². The van der Waals surface area contributed by atoms with Gasteiger partial charge in [0.15, 0.2) is 0 Å². The second-order valence-corrected chi connectivity index (χ2v) is 5.54. The average molecular weight is 296 g/mol. The minimum atomic E-state index is -0.909. The number of nitrogens with one attached hydrogen (secondary N) is 1. The highest BCUT2D eigenvalue weighted by Crippen LogP contribution is 2.22. The third-order valence-corrected chi connectivity index (χ3v) is 3.57. The van der Waals surface area contributed by atoms with Gasteiger partial charge < -0.3 is 10.4 Å². The molecule has 0 aliphatic carbocycles. The Labute approximate surface area is 118 Å². The number of amides is 1. The van der Waals surface area contributed by atoms with Gasteiger partial charge in [-0.25, -0.2) is 0 Å². The first-order valence-electron chi connectivity index (χ1n) is 5.42. The minimum absolute atomic E-state index is 0.0749. The fourth-order valence-corrected chi connectivity index (χ4v) is 2.50. The normalized spacial score (nSPS) is 10.2. The van der Waals surface area contributed by atoms with Crippen LogP contribution in [0, 0.1) is 0 Å². The fraction of sp³-hybridized carbons (Fsp3) is 0.0769. The Morgan fingerprint density at radius 3 is 2.68 bits per heavy atom. The second-order valence-electron chi connectivity index (χ2n) is 3.83. The number of carbonyl (C=O) groups is 2. The topological polar surface area (TPSA) is 66.4 Å². The van der Waals surface area contributed by atoms with E-state index in [9.17, 15) is 9.59 Å². The third kappa shape index (κ3) is 3.81. The Morgan fingerprint density at radius 1 is 1.26 bits per heavy atom. The second kappa shape index (κ2) is 5.86. The van der Waals surface area contributed by atoms with Crippen LogP contribution in [0.25, 0.3) is 0 Å². The lowest BCUT2D eigenvalue weighted by Gasteiger charge is -2.05. The maximum atomic E-state index is 11.9. The SMILES string of the molecule is O=C(O)Cc1cccc(NC(=O)c2ccc(Cl)s2)c1. The largest absolute Gasteiger partial charge is 0.481 e. The zero-order chi connectivity index (χ0) is 13.8. The van der Waals surface area contributed by atoms with E-state index in [0.717, 1.165) is 0 Å². The first-order chi connectivity index (χ1) is 9.04. The van der Waals surface area contributed by atoms with Crippen molar-refractivity contribution in [2.45, 2.75) is 6.42 Å².